The molecule has 0 heterocycles. The first-order valence-corrected chi connectivity index (χ1v) is 6.71. The molecule has 108 valence electrons. The third-order valence-electron chi connectivity index (χ3n) is 2.83. The van der Waals surface area contributed by atoms with Crippen molar-refractivity contribution in [1.29, 1.82) is 0 Å². The normalized spacial score (nSPS) is 16.1. The van der Waals surface area contributed by atoms with E-state index in [2.05, 4.69) is 17.6 Å². The summed E-state index contributed by atoms with van der Waals surface area (Å²) in [7, 11) is 1.61. The highest BCUT2D eigenvalue weighted by atomic mass is 16.5. The lowest BCUT2D eigenvalue weighted by molar-refractivity contribution is -0.123. The summed E-state index contributed by atoms with van der Waals surface area (Å²) in [4.78, 5) is 11.9. The fourth-order valence-electron chi connectivity index (χ4n) is 1.87. The molecule has 0 spiro atoms. The molecule has 18 heavy (non-hydrogen) atoms. The minimum absolute atomic E-state index is 0.00207. The second kappa shape index (κ2) is 10.3. The third kappa shape index (κ3) is 7.63. The summed E-state index contributed by atoms with van der Waals surface area (Å²) in [5.74, 6) is -0.00464. The Balaban J connectivity index is 4.10. The summed E-state index contributed by atoms with van der Waals surface area (Å²) >= 11 is 0. The molecule has 0 aromatic carbocycles. The van der Waals surface area contributed by atoms with Gasteiger partial charge < -0.3 is 20.5 Å². The third-order valence-corrected chi connectivity index (χ3v) is 2.83. The van der Waals surface area contributed by atoms with Crippen LogP contribution in [0.2, 0.25) is 0 Å². The largest absolute Gasteiger partial charge is 0.396 e. The fraction of sp³-hybridized carbons (Fsp3) is 0.923. The topological polar surface area (TPSA) is 70.6 Å². The first-order valence-electron chi connectivity index (χ1n) is 6.71. The van der Waals surface area contributed by atoms with Gasteiger partial charge in [-0.3, -0.25) is 4.79 Å². The molecule has 5 heteroatoms. The van der Waals surface area contributed by atoms with Crippen molar-refractivity contribution >= 4 is 5.91 Å². The number of ether oxygens (including phenoxy) is 1. The van der Waals surface area contributed by atoms with Crippen LogP contribution in [0.15, 0.2) is 0 Å². The molecule has 3 unspecified atom stereocenters. The van der Waals surface area contributed by atoms with Gasteiger partial charge in [0.05, 0.1) is 12.6 Å². The van der Waals surface area contributed by atoms with Crippen LogP contribution in [0.25, 0.3) is 0 Å². The molecule has 5 nitrogen and oxygen atoms in total. The Bertz CT molecular complexity index is 218. The minimum Gasteiger partial charge on any atom is -0.396 e. The molecule has 0 aliphatic heterocycles. The van der Waals surface area contributed by atoms with Crippen LogP contribution in [0.3, 0.4) is 0 Å². The Morgan fingerprint density at radius 3 is 2.50 bits per heavy atom. The number of methoxy groups -OCH3 is 1. The molecule has 1 amide bonds. The van der Waals surface area contributed by atoms with Gasteiger partial charge in [-0.2, -0.15) is 0 Å². The maximum absolute atomic E-state index is 11.9. The van der Waals surface area contributed by atoms with Gasteiger partial charge in [0, 0.05) is 25.8 Å². The van der Waals surface area contributed by atoms with Crippen LogP contribution in [0.5, 0.6) is 0 Å². The first kappa shape index (κ1) is 17.4. The number of carbonyl (C=O) groups excluding carboxylic acids is 1. The Morgan fingerprint density at radius 2 is 2.00 bits per heavy atom. The van der Waals surface area contributed by atoms with Crippen LogP contribution in [0.4, 0.5) is 0 Å². The van der Waals surface area contributed by atoms with Gasteiger partial charge in [-0.15, -0.1) is 0 Å². The highest BCUT2D eigenvalue weighted by Crippen LogP contribution is 1.98. The molecule has 0 saturated heterocycles. The molecule has 0 fully saturated rings. The van der Waals surface area contributed by atoms with Crippen molar-refractivity contribution in [2.45, 2.75) is 58.2 Å². The van der Waals surface area contributed by atoms with Crippen molar-refractivity contribution in [3.8, 4) is 0 Å². The standard InChI is InChI=1S/C13H28N2O3/c1-5-6-10(2)14-13(17)11(3)15-12(7-8-16)9-18-4/h10-12,15-16H,5-9H2,1-4H3,(H,14,17). The maximum atomic E-state index is 11.9. The first-order chi connectivity index (χ1) is 8.54. The van der Waals surface area contributed by atoms with Crippen molar-refractivity contribution < 1.29 is 14.6 Å². The van der Waals surface area contributed by atoms with Crippen LogP contribution in [0, 0.1) is 0 Å². The van der Waals surface area contributed by atoms with E-state index >= 15 is 0 Å². The molecule has 0 saturated carbocycles. The quantitative estimate of drug-likeness (QED) is 0.540. The van der Waals surface area contributed by atoms with Crippen LogP contribution in [-0.2, 0) is 9.53 Å². The summed E-state index contributed by atoms with van der Waals surface area (Å²) in [5, 5.41) is 15.1. The number of hydrogen-bond acceptors (Lipinski definition) is 4. The van der Waals surface area contributed by atoms with Gasteiger partial charge in [-0.05, 0) is 26.7 Å². The van der Waals surface area contributed by atoms with Gasteiger partial charge >= 0.3 is 0 Å². The molecule has 0 aromatic heterocycles. The highest BCUT2D eigenvalue weighted by molar-refractivity contribution is 5.81. The summed E-state index contributed by atoms with van der Waals surface area (Å²) in [6.45, 7) is 6.51. The van der Waals surface area contributed by atoms with Crippen molar-refractivity contribution in [2.24, 2.45) is 0 Å². The molecule has 0 rings (SSSR count). The van der Waals surface area contributed by atoms with E-state index in [0.717, 1.165) is 12.8 Å². The van der Waals surface area contributed by atoms with E-state index in [0.29, 0.717) is 13.0 Å². The van der Waals surface area contributed by atoms with Crippen molar-refractivity contribution in [2.75, 3.05) is 20.3 Å². The number of rotatable bonds is 10. The number of hydrogen-bond donors (Lipinski definition) is 3. The van der Waals surface area contributed by atoms with E-state index in [1.165, 1.54) is 0 Å². The molecule has 3 atom stereocenters. The predicted molar refractivity (Wildman–Crippen MR) is 72.5 cm³/mol. The number of carbonyl (C=O) groups is 1. The van der Waals surface area contributed by atoms with E-state index < -0.39 is 0 Å². The molecule has 0 bridgehead atoms. The molecule has 3 N–H and O–H groups in total. The summed E-state index contributed by atoms with van der Waals surface area (Å²) in [6.07, 6.45) is 2.62. The van der Waals surface area contributed by atoms with Gasteiger partial charge in [0.1, 0.15) is 0 Å². The van der Waals surface area contributed by atoms with E-state index in [4.69, 9.17) is 9.84 Å². The van der Waals surface area contributed by atoms with E-state index in [-0.39, 0.29) is 30.6 Å². The highest BCUT2D eigenvalue weighted by Gasteiger charge is 2.18. The van der Waals surface area contributed by atoms with Crippen LogP contribution >= 0.6 is 0 Å². The SMILES string of the molecule is CCCC(C)NC(=O)C(C)NC(CCO)COC. The minimum atomic E-state index is -0.281. The number of nitrogens with one attached hydrogen (secondary N) is 2. The zero-order chi connectivity index (χ0) is 14.0. The molecule has 0 aliphatic rings. The summed E-state index contributed by atoms with van der Waals surface area (Å²) in [6, 6.07) is -0.0799. The second-order valence-electron chi connectivity index (χ2n) is 4.75. The van der Waals surface area contributed by atoms with Gasteiger partial charge in [0.15, 0.2) is 0 Å². The smallest absolute Gasteiger partial charge is 0.237 e. The maximum Gasteiger partial charge on any atom is 0.237 e. The van der Waals surface area contributed by atoms with Crippen LogP contribution < -0.4 is 10.6 Å². The van der Waals surface area contributed by atoms with Crippen molar-refractivity contribution in [3.63, 3.8) is 0 Å². The average Bonchev–Trinajstić information content (AvgIpc) is 2.29. The Morgan fingerprint density at radius 1 is 1.33 bits per heavy atom. The van der Waals surface area contributed by atoms with Crippen LogP contribution in [0.1, 0.15) is 40.0 Å². The fourth-order valence-corrected chi connectivity index (χ4v) is 1.87. The van der Waals surface area contributed by atoms with Gasteiger partial charge in [-0.1, -0.05) is 13.3 Å². The lowest BCUT2D eigenvalue weighted by atomic mass is 10.1. The van der Waals surface area contributed by atoms with Gasteiger partial charge in [-0.25, -0.2) is 0 Å². The lowest BCUT2D eigenvalue weighted by Gasteiger charge is -2.23. The van der Waals surface area contributed by atoms with Gasteiger partial charge in [0.2, 0.25) is 5.91 Å². The van der Waals surface area contributed by atoms with E-state index in [9.17, 15) is 4.79 Å². The Kier molecular flexibility index (Phi) is 9.92. The average molecular weight is 260 g/mol. The summed E-state index contributed by atoms with van der Waals surface area (Å²) in [5.41, 5.74) is 0. The molecule has 0 radical (unpaired) electrons. The monoisotopic (exact) mass is 260 g/mol. The Hall–Kier alpha value is -0.650. The Labute approximate surface area is 110 Å². The zero-order valence-electron chi connectivity index (χ0n) is 12.0. The molecule has 0 aromatic rings. The van der Waals surface area contributed by atoms with Crippen LogP contribution in [-0.4, -0.2) is 49.5 Å². The lowest BCUT2D eigenvalue weighted by Crippen LogP contribution is -2.50. The second-order valence-corrected chi connectivity index (χ2v) is 4.75. The van der Waals surface area contributed by atoms with E-state index in [1.54, 1.807) is 7.11 Å². The van der Waals surface area contributed by atoms with Gasteiger partial charge in [0.25, 0.3) is 0 Å². The van der Waals surface area contributed by atoms with Crippen molar-refractivity contribution in [3.05, 3.63) is 0 Å². The van der Waals surface area contributed by atoms with E-state index in [1.807, 2.05) is 13.8 Å². The predicted octanol–water partition coefficient (Wildman–Crippen LogP) is 0.667. The zero-order valence-corrected chi connectivity index (χ0v) is 12.0. The molecule has 0 aliphatic carbocycles. The van der Waals surface area contributed by atoms with Crippen molar-refractivity contribution in [1.82, 2.24) is 10.6 Å². The number of aliphatic hydroxyl groups excluding tert-OH is 1. The number of aliphatic hydroxyl groups is 1. The molecular formula is C13H28N2O3. The summed E-state index contributed by atoms with van der Waals surface area (Å²) < 4.78 is 5.05. The number of amides is 1. The molecular weight excluding hydrogens is 232 g/mol.